The number of amides is 1. The molecule has 0 aliphatic carbocycles. The van der Waals surface area contributed by atoms with Gasteiger partial charge in [-0.1, -0.05) is 18.2 Å². The van der Waals surface area contributed by atoms with E-state index in [4.69, 9.17) is 4.74 Å². The molecule has 7 nitrogen and oxygen atoms in total. The first-order valence-electron chi connectivity index (χ1n) is 10.5. The summed E-state index contributed by atoms with van der Waals surface area (Å²) in [7, 11) is -2.47. The van der Waals surface area contributed by atoms with E-state index in [0.29, 0.717) is 22.8 Å². The molecule has 2 N–H and O–H groups in total. The topological polar surface area (TPSA) is 87.7 Å². The molecule has 172 valence electrons. The number of carbonyl (C=O) groups is 1. The van der Waals surface area contributed by atoms with Gasteiger partial charge in [-0.2, -0.15) is 0 Å². The molecule has 0 saturated carbocycles. The summed E-state index contributed by atoms with van der Waals surface area (Å²) in [5.74, 6) is 0.0883. The molecule has 3 aromatic rings. The second-order valence-corrected chi connectivity index (χ2v) is 10.2. The van der Waals surface area contributed by atoms with Gasteiger partial charge in [-0.3, -0.25) is 9.52 Å². The summed E-state index contributed by atoms with van der Waals surface area (Å²) in [6, 6.07) is 15.6. The van der Waals surface area contributed by atoms with Crippen LogP contribution in [0.3, 0.4) is 0 Å². The molecule has 4 rings (SSSR count). The number of hydrogen-bond donors (Lipinski definition) is 2. The highest BCUT2D eigenvalue weighted by Gasteiger charge is 2.25. The first kappa shape index (κ1) is 22.9. The van der Waals surface area contributed by atoms with Gasteiger partial charge < -0.3 is 15.0 Å². The number of thiophene rings is 1. The number of nitrogens with zero attached hydrogens (tertiary/aromatic N) is 1. The molecule has 1 aliphatic heterocycles. The Kier molecular flexibility index (Phi) is 7.00. The smallest absolute Gasteiger partial charge is 0.264 e. The van der Waals surface area contributed by atoms with Crippen molar-refractivity contribution >= 4 is 50.4 Å². The Labute approximate surface area is 197 Å². The fraction of sp³-hybridized carbons (Fsp3) is 0.208. The van der Waals surface area contributed by atoms with E-state index in [-0.39, 0.29) is 10.8 Å². The third-order valence-corrected chi connectivity index (χ3v) is 7.49. The van der Waals surface area contributed by atoms with Crippen LogP contribution in [0.1, 0.15) is 17.7 Å². The molecule has 1 amide bonds. The highest BCUT2D eigenvalue weighted by Crippen LogP contribution is 2.34. The van der Waals surface area contributed by atoms with E-state index in [1.165, 1.54) is 30.6 Å². The van der Waals surface area contributed by atoms with E-state index in [2.05, 4.69) is 14.9 Å². The number of nitrogens with one attached hydrogen (secondary N) is 2. The largest absolute Gasteiger partial charge is 0.495 e. The molecule has 9 heteroatoms. The molecule has 0 radical (unpaired) electrons. The lowest BCUT2D eigenvalue weighted by atomic mass is 10.2. The molecule has 2 aromatic carbocycles. The Hall–Kier alpha value is -3.30. The third-order valence-electron chi connectivity index (χ3n) is 5.26. The zero-order valence-corrected chi connectivity index (χ0v) is 19.8. The number of carbonyl (C=O) groups excluding carboxylic acids is 1. The lowest BCUT2D eigenvalue weighted by Gasteiger charge is -2.22. The van der Waals surface area contributed by atoms with Crippen molar-refractivity contribution in [3.63, 3.8) is 0 Å². The highest BCUT2D eigenvalue weighted by molar-refractivity contribution is 7.93. The first-order chi connectivity index (χ1) is 16.0. The average molecular weight is 484 g/mol. The molecule has 0 spiro atoms. The second-order valence-electron chi connectivity index (χ2n) is 7.52. The number of benzene rings is 2. The van der Waals surface area contributed by atoms with Crippen LogP contribution in [0.25, 0.3) is 6.08 Å². The average Bonchev–Trinajstić information content (AvgIpc) is 3.52. The maximum absolute atomic E-state index is 13.4. The van der Waals surface area contributed by atoms with Crippen molar-refractivity contribution in [2.24, 2.45) is 0 Å². The summed E-state index contributed by atoms with van der Waals surface area (Å²) in [6.45, 7) is 1.57. The highest BCUT2D eigenvalue weighted by atomic mass is 32.2. The van der Waals surface area contributed by atoms with Crippen LogP contribution in [0.4, 0.5) is 17.1 Å². The number of para-hydroxylation sites is 2. The van der Waals surface area contributed by atoms with Gasteiger partial charge in [0.2, 0.25) is 5.91 Å². The summed E-state index contributed by atoms with van der Waals surface area (Å²) >= 11 is 1.53. The summed E-state index contributed by atoms with van der Waals surface area (Å²) < 4.78 is 34.8. The fourth-order valence-corrected chi connectivity index (χ4v) is 5.62. The standard InChI is InChI=1S/C24H25N3O4S2/c1-31-22-9-3-2-8-20(22)26-33(29,30)23-17-18(10-12-21(23)27-14-4-5-15-27)25-24(28)13-11-19-7-6-16-32-19/h2-3,6-13,16-17,26H,4-5,14-15H2,1H3,(H,25,28). The molecule has 1 aromatic heterocycles. The maximum atomic E-state index is 13.4. The van der Waals surface area contributed by atoms with Gasteiger partial charge in [-0.05, 0) is 60.7 Å². The van der Waals surface area contributed by atoms with Gasteiger partial charge in [0.15, 0.2) is 0 Å². The lowest BCUT2D eigenvalue weighted by molar-refractivity contribution is -0.111. The van der Waals surface area contributed by atoms with Crippen molar-refractivity contribution in [1.82, 2.24) is 0 Å². The zero-order valence-electron chi connectivity index (χ0n) is 18.2. The Balaban J connectivity index is 1.64. The van der Waals surface area contributed by atoms with Gasteiger partial charge in [0, 0.05) is 29.7 Å². The van der Waals surface area contributed by atoms with Crippen LogP contribution in [-0.4, -0.2) is 34.5 Å². The van der Waals surface area contributed by atoms with Crippen LogP contribution < -0.4 is 19.7 Å². The Morgan fingerprint density at radius 2 is 1.88 bits per heavy atom. The van der Waals surface area contributed by atoms with Crippen LogP contribution >= 0.6 is 11.3 Å². The van der Waals surface area contributed by atoms with Gasteiger partial charge in [0.05, 0.1) is 18.5 Å². The van der Waals surface area contributed by atoms with Crippen LogP contribution in [0.5, 0.6) is 5.75 Å². The van der Waals surface area contributed by atoms with Crippen molar-refractivity contribution in [1.29, 1.82) is 0 Å². The number of hydrogen-bond acceptors (Lipinski definition) is 6. The minimum atomic E-state index is -3.96. The van der Waals surface area contributed by atoms with Crippen molar-refractivity contribution in [2.75, 3.05) is 35.1 Å². The Morgan fingerprint density at radius 3 is 2.61 bits per heavy atom. The van der Waals surface area contributed by atoms with E-state index >= 15 is 0 Å². The fourth-order valence-electron chi connectivity index (χ4n) is 3.68. The summed E-state index contributed by atoms with van der Waals surface area (Å²) in [5, 5.41) is 4.70. The van der Waals surface area contributed by atoms with Gasteiger partial charge in [0.1, 0.15) is 10.6 Å². The molecule has 1 saturated heterocycles. The molecular weight excluding hydrogens is 458 g/mol. The summed E-state index contributed by atoms with van der Waals surface area (Å²) in [4.78, 5) is 15.5. The number of anilines is 3. The van der Waals surface area contributed by atoms with E-state index < -0.39 is 10.0 Å². The molecule has 0 unspecified atom stereocenters. The van der Waals surface area contributed by atoms with Gasteiger partial charge >= 0.3 is 0 Å². The maximum Gasteiger partial charge on any atom is 0.264 e. The minimum Gasteiger partial charge on any atom is -0.495 e. The molecular formula is C24H25N3O4S2. The predicted octanol–water partition coefficient (Wildman–Crippen LogP) is 4.81. The molecule has 1 aliphatic rings. The zero-order chi connectivity index (χ0) is 23.3. The van der Waals surface area contributed by atoms with Crippen LogP contribution in [0.2, 0.25) is 0 Å². The Bertz CT molecular complexity index is 1250. The molecule has 0 bridgehead atoms. The minimum absolute atomic E-state index is 0.107. The van der Waals surface area contributed by atoms with E-state index in [1.54, 1.807) is 42.5 Å². The quantitative estimate of drug-likeness (QED) is 0.449. The number of methoxy groups -OCH3 is 1. The Morgan fingerprint density at radius 1 is 1.09 bits per heavy atom. The SMILES string of the molecule is COc1ccccc1NS(=O)(=O)c1cc(NC(=O)C=Cc2cccs2)ccc1N1CCCC1. The molecule has 33 heavy (non-hydrogen) atoms. The van der Waals surface area contributed by atoms with Crippen LogP contribution in [-0.2, 0) is 14.8 Å². The normalized spacial score (nSPS) is 13.9. The molecule has 2 heterocycles. The molecule has 1 fully saturated rings. The molecule has 0 atom stereocenters. The van der Waals surface area contributed by atoms with Gasteiger partial charge in [-0.25, -0.2) is 8.42 Å². The predicted molar refractivity (Wildman–Crippen MR) is 134 cm³/mol. The number of sulfonamides is 1. The van der Waals surface area contributed by atoms with Crippen molar-refractivity contribution in [2.45, 2.75) is 17.7 Å². The summed E-state index contributed by atoms with van der Waals surface area (Å²) in [6.07, 6.45) is 5.16. The monoisotopic (exact) mass is 483 g/mol. The van der Waals surface area contributed by atoms with Crippen molar-refractivity contribution < 1.29 is 17.9 Å². The number of rotatable bonds is 8. The van der Waals surface area contributed by atoms with E-state index in [1.807, 2.05) is 17.5 Å². The van der Waals surface area contributed by atoms with Crippen LogP contribution in [0.15, 0.2) is 70.9 Å². The summed E-state index contributed by atoms with van der Waals surface area (Å²) in [5.41, 5.74) is 1.36. The van der Waals surface area contributed by atoms with E-state index in [0.717, 1.165) is 30.8 Å². The second kappa shape index (κ2) is 10.1. The lowest BCUT2D eigenvalue weighted by Crippen LogP contribution is -2.23. The van der Waals surface area contributed by atoms with E-state index in [9.17, 15) is 13.2 Å². The van der Waals surface area contributed by atoms with Crippen molar-refractivity contribution in [3.05, 3.63) is 70.9 Å². The third kappa shape index (κ3) is 5.55. The van der Waals surface area contributed by atoms with Crippen molar-refractivity contribution in [3.8, 4) is 5.75 Å². The van der Waals surface area contributed by atoms with Gasteiger partial charge in [-0.15, -0.1) is 11.3 Å². The number of ether oxygens (including phenoxy) is 1. The van der Waals surface area contributed by atoms with Crippen LogP contribution in [0, 0.1) is 0 Å². The first-order valence-corrected chi connectivity index (χ1v) is 12.9. The van der Waals surface area contributed by atoms with Gasteiger partial charge in [0.25, 0.3) is 10.0 Å².